The zero-order valence-corrected chi connectivity index (χ0v) is 55.5. The molecule has 3 heterocycles. The number of nitrogens with one attached hydrogen (secondary N) is 6. The number of rotatable bonds is 10. The molecule has 19 heteroatoms. The summed E-state index contributed by atoms with van der Waals surface area (Å²) in [6, 6.07) is 9.38. The molecule has 11 nitrogen and oxygen atoms in total. The van der Waals surface area contributed by atoms with Gasteiger partial charge in [0.05, 0.1) is 5.56 Å². The molecular formula is C70H109F8N11. The van der Waals surface area contributed by atoms with Gasteiger partial charge in [-0.1, -0.05) is 78.9 Å². The number of hydrogen-bond donors (Lipinski definition) is 6. The number of aliphatic imine (C=N–C) groups is 1. The Morgan fingerprint density at radius 3 is 2.08 bits per heavy atom. The van der Waals surface area contributed by atoms with E-state index in [-0.39, 0.29) is 54.2 Å². The van der Waals surface area contributed by atoms with Crippen LogP contribution in [-0.2, 0) is 25.2 Å². The lowest BCUT2D eigenvalue weighted by Crippen LogP contribution is -2.73. The van der Waals surface area contributed by atoms with Crippen LogP contribution in [0.25, 0.3) is 0 Å². The Bertz CT molecular complexity index is 2640. The molecule has 2 aromatic carbocycles. The lowest BCUT2D eigenvalue weighted by atomic mass is 9.75. The molecule has 2 aliphatic carbocycles. The highest BCUT2D eigenvalue weighted by Gasteiger charge is 2.51. The first kappa shape index (κ1) is 71.9. The van der Waals surface area contributed by atoms with Crippen molar-refractivity contribution in [1.29, 1.82) is 0 Å². The van der Waals surface area contributed by atoms with Gasteiger partial charge in [0.15, 0.2) is 0 Å². The monoisotopic (exact) mass is 1260 g/mol. The topological polar surface area (TPSA) is 97.5 Å². The third-order valence-corrected chi connectivity index (χ3v) is 20.6. The molecule has 5 unspecified atom stereocenters. The van der Waals surface area contributed by atoms with E-state index < -0.39 is 35.1 Å². The Balaban J connectivity index is 1.20. The first-order valence-electron chi connectivity index (χ1n) is 33.6. The van der Waals surface area contributed by atoms with Crippen LogP contribution in [0.1, 0.15) is 175 Å². The molecule has 0 amide bonds. The van der Waals surface area contributed by atoms with Gasteiger partial charge in [0, 0.05) is 162 Å². The summed E-state index contributed by atoms with van der Waals surface area (Å²) in [5.74, 6) is -1.18. The summed E-state index contributed by atoms with van der Waals surface area (Å²) >= 11 is 0. The molecular weight excluding hydrogens is 1150 g/mol. The van der Waals surface area contributed by atoms with Crippen molar-refractivity contribution in [3.05, 3.63) is 119 Å². The number of allylic oxidation sites excluding steroid dienone is 3. The lowest BCUT2D eigenvalue weighted by Gasteiger charge is -2.60. The Labute approximate surface area is 528 Å². The quantitative estimate of drug-likeness (QED) is 0.129. The SMILES string of the molecule is CC[C@H](C)[C@H]1CN[C@@H](CC(C)C)C(C)NCC2[C@H](C)C(C)N2[C@@H](C2CCCC2)C(C)NC2(CCCC2)CNCCNC=CC(CCc2cc(F)c(C(F)(F)F)c(F)c2)=NC=CN(C)C=C(Cc2ccc(C(F)(F)F)cc2)N(C)C=C2CCCN2[C@@H](C)C(C)N1. The van der Waals surface area contributed by atoms with Crippen LogP contribution in [-0.4, -0.2) is 139 Å². The summed E-state index contributed by atoms with van der Waals surface area (Å²) in [6.07, 6.45) is 15.4. The number of likely N-dealkylation sites (N-methyl/N-ethyl adjacent to an activating group) is 1. The largest absolute Gasteiger partial charge is 0.422 e. The number of fused-ring (bicyclic) bond motifs is 2. The van der Waals surface area contributed by atoms with Crippen molar-refractivity contribution in [3.8, 4) is 0 Å². The van der Waals surface area contributed by atoms with E-state index in [1.807, 2.05) is 30.1 Å². The third kappa shape index (κ3) is 20.0. The average Bonchev–Trinajstić information content (AvgIpc) is 1.89. The minimum Gasteiger partial charge on any atom is -0.390 e. The fraction of sp³-hybridized carbons (Fsp3) is 0.700. The smallest absolute Gasteiger partial charge is 0.390 e. The first-order chi connectivity index (χ1) is 42.2. The van der Waals surface area contributed by atoms with E-state index in [0.29, 0.717) is 78.6 Å². The van der Waals surface area contributed by atoms with Crippen LogP contribution in [0.4, 0.5) is 35.1 Å². The highest BCUT2D eigenvalue weighted by molar-refractivity contribution is 5.95. The maximum Gasteiger partial charge on any atom is 0.422 e. The van der Waals surface area contributed by atoms with E-state index in [9.17, 15) is 35.1 Å². The predicted molar refractivity (Wildman–Crippen MR) is 347 cm³/mol. The number of nitrogens with zero attached hydrogens (tertiary/aromatic N) is 5. The number of hydrogen-bond acceptors (Lipinski definition) is 11. The van der Waals surface area contributed by atoms with Gasteiger partial charge in [-0.2, -0.15) is 26.3 Å². The first-order valence-corrected chi connectivity index (χ1v) is 33.6. The van der Waals surface area contributed by atoms with Crippen molar-refractivity contribution < 1.29 is 35.1 Å². The molecule has 2 saturated carbocycles. The van der Waals surface area contributed by atoms with E-state index in [1.54, 1.807) is 24.7 Å². The molecule has 0 radical (unpaired) electrons. The molecule has 2 aromatic rings. The van der Waals surface area contributed by atoms with Crippen LogP contribution < -0.4 is 31.9 Å². The lowest BCUT2D eigenvalue weighted by molar-refractivity contribution is -0.142. The number of aryl methyl sites for hydroxylation is 1. The predicted octanol–water partition coefficient (Wildman–Crippen LogP) is 13.8. The molecule has 3 aliphatic heterocycles. The summed E-state index contributed by atoms with van der Waals surface area (Å²) in [6.45, 7) is 28.4. The average molecular weight is 1260 g/mol. The molecule has 1 spiro atoms. The van der Waals surface area contributed by atoms with Crippen molar-refractivity contribution in [1.82, 2.24) is 51.5 Å². The van der Waals surface area contributed by atoms with E-state index in [1.165, 1.54) is 56.4 Å². The Morgan fingerprint density at radius 1 is 0.753 bits per heavy atom. The summed E-state index contributed by atoms with van der Waals surface area (Å²) in [5, 5.41) is 23.9. The van der Waals surface area contributed by atoms with Gasteiger partial charge in [0.1, 0.15) is 17.2 Å². The molecule has 0 aromatic heterocycles. The molecule has 6 N–H and O–H groups in total. The number of benzene rings is 2. The second kappa shape index (κ2) is 32.8. The van der Waals surface area contributed by atoms with Crippen LogP contribution in [0.5, 0.6) is 0 Å². The van der Waals surface area contributed by atoms with Crippen molar-refractivity contribution in [2.45, 2.75) is 238 Å². The summed E-state index contributed by atoms with van der Waals surface area (Å²) < 4.78 is 111. The van der Waals surface area contributed by atoms with Crippen LogP contribution in [0.15, 0.2) is 89.9 Å². The highest BCUT2D eigenvalue weighted by atomic mass is 19.4. The van der Waals surface area contributed by atoms with E-state index >= 15 is 0 Å². The van der Waals surface area contributed by atoms with Crippen molar-refractivity contribution in [2.24, 2.45) is 28.7 Å². The van der Waals surface area contributed by atoms with Crippen LogP contribution in [0.2, 0.25) is 0 Å². The van der Waals surface area contributed by atoms with Gasteiger partial charge in [0.25, 0.3) is 0 Å². The molecule has 0 bridgehead atoms. The Kier molecular flexibility index (Phi) is 26.5. The molecule has 7 rings (SSSR count). The fourth-order valence-corrected chi connectivity index (χ4v) is 14.9. The Hall–Kier alpha value is -4.53. The Morgan fingerprint density at radius 2 is 1.44 bits per heavy atom. The molecule has 500 valence electrons. The van der Waals surface area contributed by atoms with Crippen molar-refractivity contribution >= 4 is 5.71 Å². The van der Waals surface area contributed by atoms with Gasteiger partial charge < -0.3 is 46.6 Å². The maximum atomic E-state index is 14.8. The van der Waals surface area contributed by atoms with Crippen molar-refractivity contribution in [2.75, 3.05) is 53.4 Å². The molecule has 2 saturated heterocycles. The minimum absolute atomic E-state index is 0.0115. The van der Waals surface area contributed by atoms with Gasteiger partial charge in [-0.3, -0.25) is 9.89 Å². The van der Waals surface area contributed by atoms with Crippen LogP contribution in [0, 0.1) is 35.3 Å². The standard InChI is InChI=1S/C70H109F8N11/c1-13-47(4)64-41-83-63(37-46(2)3)50(7)82-42-65-48(5)52(9)89(65)67(56-19-14-15-20-56)51(8)85-68(29-16-17-30-68)45-80-33-32-79-31-28-58(27-24-55-39-61(71)66(62(72)40-55)70(76,77)78)81-34-36-86(11)43-60(38-54-22-25-57(26-23-54)69(73,74)75)87(12)44-59-21-18-35-88(59)53(10)49(6)84-64/h22-23,25-26,28,31,34,36,39-40,43-44,46-53,56,63-65,67,79-80,82-85H,13-21,24,27,29-30,32-33,35,37-38,41-42,45H2,1-12H3/t47-,48+,49?,50?,51?,52?,53-,63-,64+,65?,67+/m0/s1. The van der Waals surface area contributed by atoms with E-state index in [4.69, 9.17) is 4.99 Å². The minimum atomic E-state index is -5.18. The summed E-state index contributed by atoms with van der Waals surface area (Å²) in [4.78, 5) is 14.0. The van der Waals surface area contributed by atoms with Gasteiger partial charge in [-0.15, -0.1) is 0 Å². The van der Waals surface area contributed by atoms with Crippen LogP contribution >= 0.6 is 0 Å². The van der Waals surface area contributed by atoms with Crippen molar-refractivity contribution in [3.63, 3.8) is 0 Å². The van der Waals surface area contributed by atoms with E-state index in [0.717, 1.165) is 94.7 Å². The fourth-order valence-electron chi connectivity index (χ4n) is 14.9. The highest BCUT2D eigenvalue weighted by Crippen LogP contribution is 2.43. The van der Waals surface area contributed by atoms with Gasteiger partial charge in [-0.05, 0) is 164 Å². The van der Waals surface area contributed by atoms with Crippen LogP contribution in [0.3, 0.4) is 0 Å². The number of halogens is 8. The second-order valence-corrected chi connectivity index (χ2v) is 27.6. The molecule has 5 aliphatic rings. The normalized spacial score (nSPS) is 29.0. The number of alkyl halides is 6. The zero-order chi connectivity index (χ0) is 64.8. The van der Waals surface area contributed by atoms with Gasteiger partial charge in [-0.25, -0.2) is 8.78 Å². The van der Waals surface area contributed by atoms with Gasteiger partial charge in [0.2, 0.25) is 0 Å². The van der Waals surface area contributed by atoms with Gasteiger partial charge >= 0.3 is 12.4 Å². The molecule has 89 heavy (non-hydrogen) atoms. The molecule has 11 atom stereocenters. The maximum absolute atomic E-state index is 14.8. The molecule has 4 fully saturated rings. The second-order valence-electron chi connectivity index (χ2n) is 27.6. The van der Waals surface area contributed by atoms with E-state index in [2.05, 4.69) is 117 Å². The summed E-state index contributed by atoms with van der Waals surface area (Å²) in [5.41, 5.74) is 0.550. The third-order valence-electron chi connectivity index (χ3n) is 20.6. The zero-order valence-electron chi connectivity index (χ0n) is 55.5. The summed E-state index contributed by atoms with van der Waals surface area (Å²) in [7, 11) is 3.79.